The Bertz CT molecular complexity index is 421. The molecule has 1 saturated carbocycles. The second kappa shape index (κ2) is 8.38. The molecular formula is C18H29FN2. The number of rotatable bonds is 10. The molecule has 0 unspecified atom stereocenters. The third-order valence-electron chi connectivity index (χ3n) is 4.11. The maximum atomic E-state index is 14.4. The lowest BCUT2D eigenvalue weighted by Crippen LogP contribution is -2.29. The molecule has 2 nitrogen and oxygen atoms in total. The number of anilines is 1. The Morgan fingerprint density at radius 3 is 2.38 bits per heavy atom. The molecule has 3 heteroatoms. The first kappa shape index (κ1) is 16.3. The van der Waals surface area contributed by atoms with Crippen molar-refractivity contribution >= 4 is 5.69 Å². The molecule has 0 spiro atoms. The van der Waals surface area contributed by atoms with Gasteiger partial charge in [0.2, 0.25) is 0 Å². The van der Waals surface area contributed by atoms with Crippen LogP contribution in [0.2, 0.25) is 0 Å². The molecule has 0 saturated heterocycles. The highest BCUT2D eigenvalue weighted by Gasteiger charge is 2.22. The summed E-state index contributed by atoms with van der Waals surface area (Å²) in [6.07, 6.45) is 7.06. The van der Waals surface area contributed by atoms with Gasteiger partial charge in [0, 0.05) is 25.7 Å². The summed E-state index contributed by atoms with van der Waals surface area (Å²) >= 11 is 0. The molecule has 21 heavy (non-hydrogen) atoms. The van der Waals surface area contributed by atoms with Crippen molar-refractivity contribution in [3.8, 4) is 0 Å². The third kappa shape index (κ3) is 4.99. The zero-order valence-electron chi connectivity index (χ0n) is 13.5. The zero-order valence-corrected chi connectivity index (χ0v) is 13.5. The molecule has 118 valence electrons. The van der Waals surface area contributed by atoms with Crippen LogP contribution in [-0.2, 0) is 6.54 Å². The molecule has 0 amide bonds. The Kier molecular flexibility index (Phi) is 6.50. The Morgan fingerprint density at radius 2 is 1.81 bits per heavy atom. The highest BCUT2D eigenvalue weighted by atomic mass is 19.1. The van der Waals surface area contributed by atoms with Crippen LogP contribution >= 0.6 is 0 Å². The van der Waals surface area contributed by atoms with Crippen molar-refractivity contribution in [2.24, 2.45) is 0 Å². The number of nitrogens with one attached hydrogen (secondary N) is 1. The zero-order chi connectivity index (χ0) is 15.1. The summed E-state index contributed by atoms with van der Waals surface area (Å²) in [5.41, 5.74) is 1.93. The predicted octanol–water partition coefficient (Wildman–Crippen LogP) is 4.48. The fraction of sp³-hybridized carbons (Fsp3) is 0.667. The van der Waals surface area contributed by atoms with Gasteiger partial charge >= 0.3 is 0 Å². The summed E-state index contributed by atoms with van der Waals surface area (Å²) in [5.74, 6) is -0.0719. The number of hydrogen-bond donors (Lipinski definition) is 1. The highest BCUT2D eigenvalue weighted by molar-refractivity contribution is 5.55. The monoisotopic (exact) mass is 292 g/mol. The van der Waals surface area contributed by atoms with Gasteiger partial charge in [-0.05, 0) is 37.3 Å². The van der Waals surface area contributed by atoms with Crippen LogP contribution in [0.5, 0.6) is 0 Å². The minimum absolute atomic E-state index is 0.0719. The Balaban J connectivity index is 2.13. The highest BCUT2D eigenvalue weighted by Crippen LogP contribution is 2.27. The molecule has 0 atom stereocenters. The van der Waals surface area contributed by atoms with Crippen LogP contribution in [0, 0.1) is 5.82 Å². The Hall–Kier alpha value is -1.09. The van der Waals surface area contributed by atoms with Crippen molar-refractivity contribution in [1.29, 1.82) is 0 Å². The molecule has 1 fully saturated rings. The first-order chi connectivity index (χ1) is 10.3. The summed E-state index contributed by atoms with van der Waals surface area (Å²) in [6.45, 7) is 7.07. The Morgan fingerprint density at radius 1 is 1.14 bits per heavy atom. The van der Waals surface area contributed by atoms with Crippen LogP contribution in [0.15, 0.2) is 18.2 Å². The largest absolute Gasteiger partial charge is 0.369 e. The minimum Gasteiger partial charge on any atom is -0.369 e. The van der Waals surface area contributed by atoms with Crippen molar-refractivity contribution < 1.29 is 4.39 Å². The van der Waals surface area contributed by atoms with E-state index in [2.05, 4.69) is 30.1 Å². The molecule has 1 N–H and O–H groups in total. The molecule has 1 aliphatic rings. The van der Waals surface area contributed by atoms with Crippen molar-refractivity contribution in [3.05, 3.63) is 29.6 Å². The fourth-order valence-electron chi connectivity index (χ4n) is 2.63. The Labute approximate surface area is 128 Å². The standard InChI is InChI=1S/C18H29FN2/c1-3-5-12-21(13-6-4-2)18-15(8-7-9-17(18)19)14-20-16-10-11-16/h7-9,16,20H,3-6,10-14H2,1-2H3. The molecule has 0 aromatic heterocycles. The summed E-state index contributed by atoms with van der Waals surface area (Å²) in [4.78, 5) is 2.26. The predicted molar refractivity (Wildman–Crippen MR) is 88.3 cm³/mol. The van der Waals surface area contributed by atoms with E-state index in [0.717, 1.165) is 56.6 Å². The van der Waals surface area contributed by atoms with Gasteiger partial charge in [0.25, 0.3) is 0 Å². The van der Waals surface area contributed by atoms with Gasteiger partial charge < -0.3 is 10.2 Å². The summed E-state index contributed by atoms with van der Waals surface area (Å²) in [7, 11) is 0. The number of halogens is 1. The smallest absolute Gasteiger partial charge is 0.146 e. The maximum absolute atomic E-state index is 14.4. The van der Waals surface area contributed by atoms with E-state index in [4.69, 9.17) is 0 Å². The lowest BCUT2D eigenvalue weighted by atomic mass is 10.1. The topological polar surface area (TPSA) is 15.3 Å². The van der Waals surface area contributed by atoms with Crippen LogP contribution in [0.1, 0.15) is 57.9 Å². The van der Waals surface area contributed by atoms with E-state index in [1.165, 1.54) is 12.8 Å². The molecule has 0 aliphatic heterocycles. The number of hydrogen-bond acceptors (Lipinski definition) is 2. The SMILES string of the molecule is CCCCN(CCCC)c1c(F)cccc1CNC1CC1. The molecule has 2 rings (SSSR count). The van der Waals surface area contributed by atoms with E-state index in [1.54, 1.807) is 6.07 Å². The summed E-state index contributed by atoms with van der Waals surface area (Å²) in [6, 6.07) is 6.15. The average Bonchev–Trinajstić information content (AvgIpc) is 3.30. The van der Waals surface area contributed by atoms with Crippen molar-refractivity contribution in [2.45, 2.75) is 65.0 Å². The van der Waals surface area contributed by atoms with Crippen LogP contribution in [-0.4, -0.2) is 19.1 Å². The molecule has 0 heterocycles. The van der Waals surface area contributed by atoms with Gasteiger partial charge in [0.1, 0.15) is 5.82 Å². The van der Waals surface area contributed by atoms with E-state index in [-0.39, 0.29) is 5.82 Å². The van der Waals surface area contributed by atoms with Gasteiger partial charge in [-0.25, -0.2) is 4.39 Å². The van der Waals surface area contributed by atoms with Gasteiger partial charge in [-0.15, -0.1) is 0 Å². The lowest BCUT2D eigenvalue weighted by molar-refractivity contribution is 0.595. The van der Waals surface area contributed by atoms with Crippen molar-refractivity contribution in [3.63, 3.8) is 0 Å². The van der Waals surface area contributed by atoms with Gasteiger partial charge in [-0.2, -0.15) is 0 Å². The second-order valence-electron chi connectivity index (χ2n) is 6.10. The summed E-state index contributed by atoms with van der Waals surface area (Å²) < 4.78 is 14.4. The molecule has 0 bridgehead atoms. The molecule has 1 aromatic carbocycles. The van der Waals surface area contributed by atoms with E-state index in [0.29, 0.717) is 6.04 Å². The number of benzene rings is 1. The van der Waals surface area contributed by atoms with Gasteiger partial charge in [0.05, 0.1) is 5.69 Å². The molecular weight excluding hydrogens is 263 g/mol. The van der Waals surface area contributed by atoms with E-state index >= 15 is 0 Å². The van der Waals surface area contributed by atoms with Crippen LogP contribution in [0.25, 0.3) is 0 Å². The van der Waals surface area contributed by atoms with E-state index in [9.17, 15) is 4.39 Å². The average molecular weight is 292 g/mol. The normalized spacial score (nSPS) is 14.4. The molecule has 0 radical (unpaired) electrons. The fourth-order valence-corrected chi connectivity index (χ4v) is 2.63. The van der Waals surface area contributed by atoms with E-state index in [1.807, 2.05) is 6.07 Å². The van der Waals surface area contributed by atoms with Crippen molar-refractivity contribution in [2.75, 3.05) is 18.0 Å². The molecule has 1 aliphatic carbocycles. The number of para-hydroxylation sites is 1. The minimum atomic E-state index is -0.0719. The van der Waals surface area contributed by atoms with Gasteiger partial charge in [0.15, 0.2) is 0 Å². The number of nitrogens with zero attached hydrogens (tertiary/aromatic N) is 1. The van der Waals surface area contributed by atoms with Crippen LogP contribution in [0.3, 0.4) is 0 Å². The molecule has 1 aromatic rings. The number of unbranched alkanes of at least 4 members (excludes halogenated alkanes) is 2. The quantitative estimate of drug-likeness (QED) is 0.684. The van der Waals surface area contributed by atoms with E-state index < -0.39 is 0 Å². The third-order valence-corrected chi connectivity index (χ3v) is 4.11. The van der Waals surface area contributed by atoms with Crippen LogP contribution in [0.4, 0.5) is 10.1 Å². The lowest BCUT2D eigenvalue weighted by Gasteiger charge is -2.27. The summed E-state index contributed by atoms with van der Waals surface area (Å²) in [5, 5.41) is 3.51. The first-order valence-electron chi connectivity index (χ1n) is 8.52. The van der Waals surface area contributed by atoms with Gasteiger partial charge in [-0.3, -0.25) is 0 Å². The van der Waals surface area contributed by atoms with Crippen molar-refractivity contribution in [1.82, 2.24) is 5.32 Å². The maximum Gasteiger partial charge on any atom is 0.146 e. The van der Waals surface area contributed by atoms with Gasteiger partial charge in [-0.1, -0.05) is 38.8 Å². The first-order valence-corrected chi connectivity index (χ1v) is 8.52. The second-order valence-corrected chi connectivity index (χ2v) is 6.10. The van der Waals surface area contributed by atoms with Crippen LogP contribution < -0.4 is 10.2 Å².